The molecule has 21 heavy (non-hydrogen) atoms. The molecule has 0 fully saturated rings. The summed E-state index contributed by atoms with van der Waals surface area (Å²) in [6.45, 7) is 0. The first-order chi connectivity index (χ1) is 8.93. The van der Waals surface area contributed by atoms with Gasteiger partial charge in [-0.15, -0.1) is 0 Å². The number of rotatable bonds is 0. The van der Waals surface area contributed by atoms with Crippen LogP contribution in [0.2, 0.25) is 0 Å². The molecule has 0 amide bonds. The van der Waals surface area contributed by atoms with Crippen molar-refractivity contribution in [3.05, 3.63) is 0 Å². The maximum absolute atomic E-state index is 8.93. The molecule has 0 saturated carbocycles. The number of carboxylic acids is 6. The topological polar surface area (TPSA) is 241 Å². The number of carboxylic acid groups (broad SMARTS) is 6. The van der Waals surface area contributed by atoms with Crippen LogP contribution in [-0.4, -0.2) is 35.8 Å². The van der Waals surface area contributed by atoms with Crippen LogP contribution in [-0.2, 0) is 75.2 Å². The minimum atomic E-state index is -2.19. The standard InChI is InChI=1S/3C2H2O4.Fe.Mn.V/c3*3-1(4)2(5)6;;;/h3*(H,3,4)(H,5,6);;;/q;;;;+2;+4/p-6. The van der Waals surface area contributed by atoms with Crippen LogP contribution in [0.25, 0.3) is 0 Å². The summed E-state index contributed by atoms with van der Waals surface area (Å²) in [5.74, 6) is -13.1. The van der Waals surface area contributed by atoms with E-state index in [0.29, 0.717) is 0 Å². The summed E-state index contributed by atoms with van der Waals surface area (Å²) in [5.41, 5.74) is 0. The van der Waals surface area contributed by atoms with Gasteiger partial charge in [0.1, 0.15) is 0 Å². The Balaban J connectivity index is -0.0000000561. The van der Waals surface area contributed by atoms with Crippen LogP contribution in [0.3, 0.4) is 0 Å². The van der Waals surface area contributed by atoms with Gasteiger partial charge in [0.2, 0.25) is 0 Å². The Kier molecular flexibility index (Phi) is 31.3. The number of carbonyl (C=O) groups is 6. The molecular formula is C6FeMnO12V. The van der Waals surface area contributed by atoms with Gasteiger partial charge in [-0.1, -0.05) is 0 Å². The van der Waals surface area contributed by atoms with Crippen molar-refractivity contribution in [2.24, 2.45) is 0 Å². The van der Waals surface area contributed by atoms with Gasteiger partial charge in [0.25, 0.3) is 0 Å². The van der Waals surface area contributed by atoms with Gasteiger partial charge in [-0.25, -0.2) is 0 Å². The predicted molar refractivity (Wildman–Crippen MR) is 30.0 cm³/mol. The molecule has 0 aliphatic heterocycles. The normalized spacial score (nSPS) is 6.62. The molecule has 0 aliphatic rings. The first-order valence-electron chi connectivity index (χ1n) is 3.36. The molecule has 0 aromatic heterocycles. The summed E-state index contributed by atoms with van der Waals surface area (Å²) >= 11 is 5.25. The predicted octanol–water partition coefficient (Wildman–Crippen LogP) is -10.5. The molecule has 0 spiro atoms. The molecule has 0 aromatic carbocycles. The number of aliphatic carboxylic acids is 6. The van der Waals surface area contributed by atoms with E-state index in [1.807, 2.05) is 0 Å². The van der Waals surface area contributed by atoms with Gasteiger partial charge in [-0.3, -0.25) is 0 Å². The van der Waals surface area contributed by atoms with E-state index in [2.05, 4.69) is 29.4 Å². The van der Waals surface area contributed by atoms with E-state index in [1.165, 1.54) is 0 Å². The van der Waals surface area contributed by atoms with Gasteiger partial charge in [0, 0.05) is 0 Å². The minimum absolute atomic E-state index is 0. The first kappa shape index (κ1) is 31.7. The molecule has 15 heteroatoms. The van der Waals surface area contributed by atoms with Crippen LogP contribution < -0.4 is 30.6 Å². The number of hydrogen-bond acceptors (Lipinski definition) is 12. The average Bonchev–Trinajstić information content (AvgIpc) is 2.32. The molecule has 0 rings (SSSR count). The monoisotopic (exact) mass is 426 g/mol. The second-order valence-corrected chi connectivity index (χ2v) is 1.72. The third-order valence-corrected chi connectivity index (χ3v) is 0.500. The molecule has 0 bridgehead atoms. The van der Waals surface area contributed by atoms with E-state index in [4.69, 9.17) is 59.4 Å². The van der Waals surface area contributed by atoms with E-state index >= 15 is 0 Å². The summed E-state index contributed by atoms with van der Waals surface area (Å²) in [7, 11) is 0. The molecule has 0 N–H and O–H groups in total. The summed E-state index contributed by atoms with van der Waals surface area (Å²) in [6.07, 6.45) is 0. The van der Waals surface area contributed by atoms with Gasteiger partial charge in [-0.2, -0.15) is 0 Å². The van der Waals surface area contributed by atoms with Crippen LogP contribution in [0.1, 0.15) is 0 Å². The maximum atomic E-state index is 8.93. The zero-order valence-corrected chi connectivity index (χ0v) is 12.8. The van der Waals surface area contributed by atoms with Crippen molar-refractivity contribution < 1.29 is 106 Å². The summed E-state index contributed by atoms with van der Waals surface area (Å²) in [5, 5.41) is 53.6. The van der Waals surface area contributed by atoms with Crippen LogP contribution in [0.5, 0.6) is 0 Å². The van der Waals surface area contributed by atoms with Crippen molar-refractivity contribution in [3.63, 3.8) is 0 Å². The van der Waals surface area contributed by atoms with Crippen LogP contribution in [0, 0.1) is 0 Å². The van der Waals surface area contributed by atoms with E-state index in [9.17, 15) is 0 Å². The van der Waals surface area contributed by atoms with Crippen molar-refractivity contribution in [1.29, 1.82) is 0 Å². The third-order valence-electron chi connectivity index (χ3n) is 0.500. The van der Waals surface area contributed by atoms with E-state index in [0.717, 1.165) is 0 Å². The van der Waals surface area contributed by atoms with E-state index < -0.39 is 35.8 Å². The molecule has 0 aromatic rings. The van der Waals surface area contributed by atoms with Crippen molar-refractivity contribution in [3.8, 4) is 0 Å². The van der Waals surface area contributed by atoms with Gasteiger partial charge in [-0.05, 0) is 0 Å². The fraction of sp³-hybridized carbons (Fsp3) is 0. The molecule has 12 nitrogen and oxygen atoms in total. The first-order valence-corrected chi connectivity index (χ1v) is 5.89. The zero-order valence-electron chi connectivity index (χ0n) is 9.08. The van der Waals surface area contributed by atoms with Gasteiger partial charge in [0.05, 0.1) is 35.8 Å². The molecule has 116 valence electrons. The second kappa shape index (κ2) is 20.8. The molecule has 0 atom stereocenters. The molecular weight excluding hydrogens is 426 g/mol. The Morgan fingerprint density at radius 2 is 0.524 bits per heavy atom. The average molecular weight is 426 g/mol. The van der Waals surface area contributed by atoms with Crippen LogP contribution in [0.15, 0.2) is 0 Å². The Hall–Kier alpha value is -1.56. The number of hydrogen-bond donors (Lipinski definition) is 0. The third kappa shape index (κ3) is 45.7. The Morgan fingerprint density at radius 3 is 0.524 bits per heavy atom. The number of carbonyl (C=O) groups excluding carboxylic acids is 6. The summed E-state index contributed by atoms with van der Waals surface area (Å²) in [6, 6.07) is 0. The van der Waals surface area contributed by atoms with Crippen LogP contribution >= 0.6 is 0 Å². The van der Waals surface area contributed by atoms with Crippen molar-refractivity contribution in [1.82, 2.24) is 0 Å². The van der Waals surface area contributed by atoms with Crippen LogP contribution in [0.4, 0.5) is 0 Å². The van der Waals surface area contributed by atoms with E-state index in [-0.39, 0.29) is 17.1 Å². The summed E-state index contributed by atoms with van der Waals surface area (Å²) in [4.78, 5) is 53.6. The second-order valence-electron chi connectivity index (χ2n) is 1.72. The van der Waals surface area contributed by atoms with Gasteiger partial charge in [0.15, 0.2) is 0 Å². The Labute approximate surface area is 141 Å². The van der Waals surface area contributed by atoms with Gasteiger partial charge >= 0.3 is 46.5 Å². The quantitative estimate of drug-likeness (QED) is 0.259. The molecule has 0 saturated heterocycles. The Morgan fingerprint density at radius 1 is 0.476 bits per heavy atom. The Bertz CT molecular complexity index is 289. The fourth-order valence-corrected chi connectivity index (χ4v) is 0. The fourth-order valence-electron chi connectivity index (χ4n) is 0. The van der Waals surface area contributed by atoms with Gasteiger partial charge < -0.3 is 59.4 Å². The van der Waals surface area contributed by atoms with E-state index in [1.54, 1.807) is 0 Å². The molecule has 0 heterocycles. The molecule has 1 radical (unpaired) electrons. The molecule has 0 aliphatic carbocycles. The SMILES string of the molecule is O=C([O-])C(=O)[O-].O=C([O-])C(=O)[O-].O=C([O-])C(=O)[O-].[Mn+2].[V+4][Fe]. The van der Waals surface area contributed by atoms with Crippen molar-refractivity contribution in [2.45, 2.75) is 0 Å². The summed E-state index contributed by atoms with van der Waals surface area (Å²) < 4.78 is 0. The van der Waals surface area contributed by atoms with Crippen molar-refractivity contribution in [2.75, 3.05) is 0 Å². The van der Waals surface area contributed by atoms with Crippen molar-refractivity contribution >= 4 is 35.8 Å². The zero-order chi connectivity index (χ0) is 17.5. The molecule has 0 unspecified atom stereocenters.